The molecule has 0 N–H and O–H groups in total. The molecule has 1 atom stereocenters. The summed E-state index contributed by atoms with van der Waals surface area (Å²) in [7, 11) is 0. The average molecular weight is 357 g/mol. The molecule has 0 spiro atoms. The monoisotopic (exact) mass is 356 g/mol. The molecule has 3 rings (SSSR count). The van der Waals surface area contributed by atoms with Gasteiger partial charge in [-0.3, -0.25) is 4.79 Å². The van der Waals surface area contributed by atoms with Gasteiger partial charge in [0.05, 0.1) is 0 Å². The van der Waals surface area contributed by atoms with Crippen molar-refractivity contribution in [1.82, 2.24) is 0 Å². The van der Waals surface area contributed by atoms with Crippen molar-refractivity contribution >= 4 is 40.6 Å². The van der Waals surface area contributed by atoms with Crippen LogP contribution in [0, 0.1) is 11.3 Å². The fourth-order valence-electron chi connectivity index (χ4n) is 3.18. The van der Waals surface area contributed by atoms with E-state index < -0.39 is 0 Å². The van der Waals surface area contributed by atoms with E-state index in [0.717, 1.165) is 30.4 Å². The molecule has 1 saturated carbocycles. The van der Waals surface area contributed by atoms with E-state index >= 15 is 0 Å². The van der Waals surface area contributed by atoms with Crippen molar-refractivity contribution in [1.29, 1.82) is 0 Å². The molecule has 0 aliphatic heterocycles. The quantitative estimate of drug-likeness (QED) is 0.558. The van der Waals surface area contributed by atoms with Crippen molar-refractivity contribution < 1.29 is 4.79 Å². The van der Waals surface area contributed by atoms with E-state index in [1.54, 1.807) is 22.7 Å². The van der Waals surface area contributed by atoms with E-state index in [1.165, 1.54) is 9.75 Å². The van der Waals surface area contributed by atoms with Crippen LogP contribution in [0.15, 0.2) is 46.2 Å². The van der Waals surface area contributed by atoms with Gasteiger partial charge >= 0.3 is 0 Å². The van der Waals surface area contributed by atoms with Crippen molar-refractivity contribution in [3.63, 3.8) is 0 Å². The first-order valence-corrected chi connectivity index (χ1v) is 10.3. The molecule has 1 aliphatic carbocycles. The molecule has 1 unspecified atom stereocenters. The highest BCUT2D eigenvalue weighted by molar-refractivity contribution is 7.11. The lowest BCUT2D eigenvalue weighted by molar-refractivity contribution is -0.113. The van der Waals surface area contributed by atoms with Crippen LogP contribution in [0.25, 0.3) is 12.2 Å². The lowest BCUT2D eigenvalue weighted by Crippen LogP contribution is -2.30. The first-order chi connectivity index (χ1) is 11.5. The van der Waals surface area contributed by atoms with Crippen molar-refractivity contribution in [2.45, 2.75) is 40.0 Å². The Labute approximate surface area is 152 Å². The van der Waals surface area contributed by atoms with Crippen LogP contribution in [-0.2, 0) is 4.79 Å². The van der Waals surface area contributed by atoms with Crippen LogP contribution in [0.2, 0.25) is 0 Å². The van der Waals surface area contributed by atoms with Gasteiger partial charge in [-0.1, -0.05) is 39.3 Å². The molecule has 1 nitrogen and oxygen atoms in total. The second-order valence-corrected chi connectivity index (χ2v) is 9.10. The van der Waals surface area contributed by atoms with Crippen LogP contribution >= 0.6 is 22.7 Å². The van der Waals surface area contributed by atoms with Gasteiger partial charge in [0.2, 0.25) is 0 Å². The number of carbonyl (C=O) groups excluding carboxylic acids is 1. The number of thiophene rings is 2. The average Bonchev–Trinajstić information content (AvgIpc) is 3.24. The number of carbonyl (C=O) groups is 1. The first-order valence-electron chi connectivity index (χ1n) is 8.52. The lowest BCUT2D eigenvalue weighted by Gasteiger charge is -2.37. The van der Waals surface area contributed by atoms with Gasteiger partial charge in [-0.2, -0.15) is 0 Å². The van der Waals surface area contributed by atoms with Crippen molar-refractivity contribution in [3.05, 3.63) is 55.9 Å². The summed E-state index contributed by atoms with van der Waals surface area (Å²) in [5, 5.41) is 4.13. The molecule has 0 saturated heterocycles. The summed E-state index contributed by atoms with van der Waals surface area (Å²) in [5.41, 5.74) is 2.18. The maximum absolute atomic E-state index is 13.0. The van der Waals surface area contributed by atoms with Crippen LogP contribution in [0.1, 0.15) is 49.8 Å². The summed E-state index contributed by atoms with van der Waals surface area (Å²) < 4.78 is 0. The van der Waals surface area contributed by atoms with Gasteiger partial charge in [0, 0.05) is 20.9 Å². The summed E-state index contributed by atoms with van der Waals surface area (Å²) in [6.07, 6.45) is 7.11. The molecule has 1 aliphatic rings. The molecular weight excluding hydrogens is 332 g/mol. The third-order valence-electron chi connectivity index (χ3n) is 5.25. The summed E-state index contributed by atoms with van der Waals surface area (Å²) in [5.74, 6) is 0.748. The van der Waals surface area contributed by atoms with E-state index in [0.29, 0.717) is 5.92 Å². The second-order valence-electron chi connectivity index (χ2n) is 7.15. The third-order valence-corrected chi connectivity index (χ3v) is 6.89. The predicted octanol–water partition coefficient (Wildman–Crippen LogP) is 6.69. The van der Waals surface area contributed by atoms with Gasteiger partial charge in [0.1, 0.15) is 0 Å². The zero-order valence-corrected chi connectivity index (χ0v) is 16.2. The Bertz CT molecular complexity index is 690. The van der Waals surface area contributed by atoms with E-state index in [9.17, 15) is 4.79 Å². The molecule has 2 aromatic heterocycles. The van der Waals surface area contributed by atoms with E-state index in [1.807, 2.05) is 12.1 Å². The standard InChI is InChI=1S/C21H24OS2/c1-4-21(2,3)17-11-15(13-18-7-5-9-23-18)20(22)16(12-17)14-19-8-6-10-24-19/h5-10,13-14,17H,4,11-12H2,1-3H3/b15-13+,16-14?. The smallest absolute Gasteiger partial charge is 0.185 e. The molecule has 2 heterocycles. The Hall–Kier alpha value is -1.45. The predicted molar refractivity (Wildman–Crippen MR) is 106 cm³/mol. The Balaban J connectivity index is 1.98. The number of rotatable bonds is 4. The zero-order chi connectivity index (χ0) is 17.2. The highest BCUT2D eigenvalue weighted by Gasteiger charge is 2.36. The van der Waals surface area contributed by atoms with Gasteiger partial charge in [-0.15, -0.1) is 22.7 Å². The van der Waals surface area contributed by atoms with E-state index in [4.69, 9.17) is 0 Å². The Morgan fingerprint density at radius 2 is 1.54 bits per heavy atom. The number of hydrogen-bond donors (Lipinski definition) is 0. The molecule has 24 heavy (non-hydrogen) atoms. The molecule has 126 valence electrons. The molecule has 2 aromatic rings. The highest BCUT2D eigenvalue weighted by atomic mass is 32.1. The minimum absolute atomic E-state index is 0.236. The fourth-order valence-corrected chi connectivity index (χ4v) is 4.54. The Morgan fingerprint density at radius 1 is 1.04 bits per heavy atom. The van der Waals surface area contributed by atoms with Crippen molar-refractivity contribution in [2.24, 2.45) is 11.3 Å². The SMILES string of the molecule is CCC(C)(C)C1CC(=Cc2cccs2)C(=O)/C(=C/c2cccs2)C1. The lowest BCUT2D eigenvalue weighted by atomic mass is 9.66. The second kappa shape index (κ2) is 7.20. The summed E-state index contributed by atoms with van der Waals surface area (Å²) in [6, 6.07) is 8.25. The number of Topliss-reactive ketones (excluding diaryl/α,β-unsaturated/α-hetero) is 1. The highest BCUT2D eigenvalue weighted by Crippen LogP contribution is 2.44. The maximum Gasteiger partial charge on any atom is 0.185 e. The third kappa shape index (κ3) is 3.79. The molecule has 0 aromatic carbocycles. The van der Waals surface area contributed by atoms with E-state index in [-0.39, 0.29) is 11.2 Å². The van der Waals surface area contributed by atoms with Crippen LogP contribution in [0.5, 0.6) is 0 Å². The van der Waals surface area contributed by atoms with Gasteiger partial charge in [0.25, 0.3) is 0 Å². The summed E-state index contributed by atoms with van der Waals surface area (Å²) in [6.45, 7) is 6.92. The fraction of sp³-hybridized carbons (Fsp3) is 0.381. The van der Waals surface area contributed by atoms with Gasteiger partial charge in [0.15, 0.2) is 5.78 Å². The van der Waals surface area contributed by atoms with Crippen molar-refractivity contribution in [3.8, 4) is 0 Å². The van der Waals surface area contributed by atoms with Crippen LogP contribution < -0.4 is 0 Å². The van der Waals surface area contributed by atoms with Gasteiger partial charge in [-0.25, -0.2) is 0 Å². The van der Waals surface area contributed by atoms with Crippen molar-refractivity contribution in [2.75, 3.05) is 0 Å². The molecule has 1 fully saturated rings. The molecule has 0 amide bonds. The topological polar surface area (TPSA) is 17.1 Å². The van der Waals surface area contributed by atoms with E-state index in [2.05, 4.69) is 55.8 Å². The minimum atomic E-state index is 0.236. The minimum Gasteiger partial charge on any atom is -0.289 e. The van der Waals surface area contributed by atoms with Crippen LogP contribution in [-0.4, -0.2) is 5.78 Å². The number of hydrogen-bond acceptors (Lipinski definition) is 3. The number of ketones is 1. The normalized spacial score (nSPS) is 22.5. The Morgan fingerprint density at radius 3 is 1.92 bits per heavy atom. The zero-order valence-electron chi connectivity index (χ0n) is 14.5. The first kappa shape index (κ1) is 17.4. The Kier molecular flexibility index (Phi) is 5.21. The summed E-state index contributed by atoms with van der Waals surface area (Å²) in [4.78, 5) is 15.4. The largest absolute Gasteiger partial charge is 0.289 e. The van der Waals surface area contributed by atoms with Gasteiger partial charge < -0.3 is 0 Å². The molecule has 0 bridgehead atoms. The molecule has 3 heteroatoms. The van der Waals surface area contributed by atoms with Crippen LogP contribution in [0.3, 0.4) is 0 Å². The molecular formula is C21H24OS2. The van der Waals surface area contributed by atoms with Gasteiger partial charge in [-0.05, 0) is 59.2 Å². The number of allylic oxidation sites excluding steroid dienone is 2. The van der Waals surface area contributed by atoms with Crippen LogP contribution in [0.4, 0.5) is 0 Å². The molecule has 0 radical (unpaired) electrons. The summed E-state index contributed by atoms with van der Waals surface area (Å²) >= 11 is 3.39. The maximum atomic E-state index is 13.0.